The Kier molecular flexibility index (Phi) is 5.90. The molecule has 3 rings (SSSR count). The minimum absolute atomic E-state index is 0.169. The summed E-state index contributed by atoms with van der Waals surface area (Å²) in [7, 11) is 0. The van der Waals surface area contributed by atoms with Crippen LogP contribution in [0.1, 0.15) is 24.1 Å². The quantitative estimate of drug-likeness (QED) is 0.440. The van der Waals surface area contributed by atoms with Crippen molar-refractivity contribution in [1.29, 1.82) is 0 Å². The Bertz CT molecular complexity index is 1070. The van der Waals surface area contributed by atoms with Crippen molar-refractivity contribution in [2.45, 2.75) is 19.9 Å². The normalized spacial score (nSPS) is 16.1. The summed E-state index contributed by atoms with van der Waals surface area (Å²) in [5, 5.41) is 19.8. The number of nitrogens with one attached hydrogen (secondary N) is 3. The first-order valence-electron chi connectivity index (χ1n) is 8.47. The number of halogens is 2. The van der Waals surface area contributed by atoms with E-state index < -0.39 is 22.9 Å². The highest BCUT2D eigenvalue weighted by Gasteiger charge is 2.32. The van der Waals surface area contributed by atoms with E-state index in [-0.39, 0.29) is 11.3 Å². The molecule has 1 heterocycles. The van der Waals surface area contributed by atoms with Crippen LogP contribution in [0.4, 0.5) is 16.2 Å². The maximum absolute atomic E-state index is 13.0. The Labute approximate surface area is 179 Å². The average Bonchev–Trinajstić information content (AvgIpc) is 2.64. The number of nitro groups is 1. The Morgan fingerprint density at radius 1 is 1.24 bits per heavy atom. The van der Waals surface area contributed by atoms with E-state index in [4.69, 9.17) is 11.6 Å². The zero-order chi connectivity index (χ0) is 21.3. The van der Waals surface area contributed by atoms with E-state index in [1.165, 1.54) is 12.1 Å². The van der Waals surface area contributed by atoms with Gasteiger partial charge in [-0.3, -0.25) is 14.9 Å². The summed E-state index contributed by atoms with van der Waals surface area (Å²) in [6.07, 6.45) is 0. The summed E-state index contributed by atoms with van der Waals surface area (Å²) < 4.78 is 0.299. The number of rotatable bonds is 4. The highest BCUT2D eigenvalue weighted by molar-refractivity contribution is 9.10. The monoisotopic (exact) mass is 478 g/mol. The molecule has 29 heavy (non-hydrogen) atoms. The van der Waals surface area contributed by atoms with Crippen LogP contribution >= 0.6 is 27.5 Å². The molecule has 1 atom stereocenters. The van der Waals surface area contributed by atoms with Crippen LogP contribution in [0.5, 0.6) is 0 Å². The minimum atomic E-state index is -0.864. The van der Waals surface area contributed by atoms with Gasteiger partial charge in [0.1, 0.15) is 0 Å². The number of amides is 3. The Balaban J connectivity index is 2.00. The van der Waals surface area contributed by atoms with Crippen LogP contribution in [-0.4, -0.2) is 16.9 Å². The fourth-order valence-corrected chi connectivity index (χ4v) is 3.54. The molecule has 0 bridgehead atoms. The second-order valence-electron chi connectivity index (χ2n) is 6.46. The topological polar surface area (TPSA) is 113 Å². The maximum atomic E-state index is 13.0. The lowest BCUT2D eigenvalue weighted by Crippen LogP contribution is -2.46. The summed E-state index contributed by atoms with van der Waals surface area (Å²) in [5.41, 5.74) is 2.17. The molecule has 2 aromatic rings. The molecule has 10 heteroatoms. The molecule has 0 radical (unpaired) electrons. The number of nitrogens with zero attached hydrogens (tertiary/aromatic N) is 1. The number of nitro benzene ring substituents is 1. The summed E-state index contributed by atoms with van der Waals surface area (Å²) in [4.78, 5) is 35.7. The molecule has 150 valence electrons. The number of hydrogen-bond acceptors (Lipinski definition) is 4. The van der Waals surface area contributed by atoms with Gasteiger partial charge in [0.15, 0.2) is 0 Å². The number of aryl methyl sites for hydroxylation is 1. The van der Waals surface area contributed by atoms with Crippen LogP contribution in [0.25, 0.3) is 0 Å². The van der Waals surface area contributed by atoms with Gasteiger partial charge in [-0.2, -0.15) is 0 Å². The summed E-state index contributed by atoms with van der Waals surface area (Å²) in [6.45, 7) is 3.44. The summed E-state index contributed by atoms with van der Waals surface area (Å²) in [5.74, 6) is -0.467. The molecule has 0 saturated carbocycles. The SMILES string of the molecule is CC1=C(C(=O)Nc2ccc(C)c(Cl)c2)[C@H](c2ccc(Br)c([N+](=O)[O-])c2)NC(=O)N1. The molecule has 3 N–H and O–H groups in total. The van der Waals surface area contributed by atoms with Crippen molar-refractivity contribution in [2.24, 2.45) is 0 Å². The van der Waals surface area contributed by atoms with Gasteiger partial charge in [-0.05, 0) is 59.1 Å². The lowest BCUT2D eigenvalue weighted by Gasteiger charge is -2.28. The number of allylic oxidation sites excluding steroid dienone is 1. The smallest absolute Gasteiger partial charge is 0.319 e. The van der Waals surface area contributed by atoms with Crippen LogP contribution in [-0.2, 0) is 4.79 Å². The molecule has 0 aliphatic carbocycles. The van der Waals surface area contributed by atoms with E-state index in [1.54, 1.807) is 31.2 Å². The van der Waals surface area contributed by atoms with Crippen molar-refractivity contribution < 1.29 is 14.5 Å². The highest BCUT2D eigenvalue weighted by atomic mass is 79.9. The first-order chi connectivity index (χ1) is 13.7. The van der Waals surface area contributed by atoms with E-state index in [0.717, 1.165) is 5.56 Å². The highest BCUT2D eigenvalue weighted by Crippen LogP contribution is 2.33. The predicted octanol–water partition coefficient (Wildman–Crippen LogP) is 4.59. The van der Waals surface area contributed by atoms with Crippen LogP contribution in [0.3, 0.4) is 0 Å². The van der Waals surface area contributed by atoms with Crippen LogP contribution in [0.2, 0.25) is 5.02 Å². The van der Waals surface area contributed by atoms with Crippen LogP contribution in [0, 0.1) is 17.0 Å². The average molecular weight is 480 g/mol. The van der Waals surface area contributed by atoms with Crippen LogP contribution in [0.15, 0.2) is 52.1 Å². The molecule has 1 aliphatic heterocycles. The van der Waals surface area contributed by atoms with Crippen molar-refractivity contribution in [3.63, 3.8) is 0 Å². The molecule has 1 aliphatic rings. The second kappa shape index (κ2) is 8.22. The van der Waals surface area contributed by atoms with E-state index in [9.17, 15) is 19.7 Å². The third-order valence-corrected chi connectivity index (χ3v) is 5.52. The maximum Gasteiger partial charge on any atom is 0.319 e. The van der Waals surface area contributed by atoms with Gasteiger partial charge in [-0.15, -0.1) is 0 Å². The standard InChI is InChI=1S/C19H16BrClN4O4/c1-9-3-5-12(8-14(9)21)23-18(26)16-10(2)22-19(27)24-17(16)11-4-6-13(20)15(7-11)25(28)29/h3-8,17H,1-2H3,(H,23,26)(H2,22,24,27)/t17-/m0/s1. The lowest BCUT2D eigenvalue weighted by atomic mass is 9.94. The number of urea groups is 1. The van der Waals surface area contributed by atoms with Gasteiger partial charge in [0, 0.05) is 22.5 Å². The predicted molar refractivity (Wildman–Crippen MR) is 113 cm³/mol. The van der Waals surface area contributed by atoms with E-state index in [1.807, 2.05) is 6.92 Å². The van der Waals surface area contributed by atoms with Gasteiger partial charge < -0.3 is 16.0 Å². The number of anilines is 1. The van der Waals surface area contributed by atoms with Crippen molar-refractivity contribution in [2.75, 3.05) is 5.32 Å². The largest absolute Gasteiger partial charge is 0.327 e. The van der Waals surface area contributed by atoms with Gasteiger partial charge >= 0.3 is 6.03 Å². The fraction of sp³-hybridized carbons (Fsp3) is 0.158. The molecule has 0 unspecified atom stereocenters. The van der Waals surface area contributed by atoms with Gasteiger partial charge in [-0.1, -0.05) is 23.7 Å². The summed E-state index contributed by atoms with van der Waals surface area (Å²) >= 11 is 9.25. The number of hydrogen-bond donors (Lipinski definition) is 3. The van der Waals surface area contributed by atoms with Gasteiger partial charge in [0.25, 0.3) is 11.6 Å². The Morgan fingerprint density at radius 3 is 2.62 bits per heavy atom. The van der Waals surface area contributed by atoms with Crippen LogP contribution < -0.4 is 16.0 Å². The Hall–Kier alpha value is -2.91. The molecule has 8 nitrogen and oxygen atoms in total. The number of carbonyl (C=O) groups is 2. The second-order valence-corrected chi connectivity index (χ2v) is 7.72. The number of benzene rings is 2. The molecule has 0 saturated heterocycles. The van der Waals surface area contributed by atoms with Gasteiger partial charge in [0.2, 0.25) is 0 Å². The molecule has 0 aromatic heterocycles. The third kappa shape index (κ3) is 4.41. The zero-order valence-electron chi connectivity index (χ0n) is 15.4. The van der Waals surface area contributed by atoms with Crippen molar-refractivity contribution >= 4 is 50.8 Å². The van der Waals surface area contributed by atoms with Gasteiger partial charge in [-0.25, -0.2) is 4.79 Å². The van der Waals surface area contributed by atoms with E-state index >= 15 is 0 Å². The number of carbonyl (C=O) groups excluding carboxylic acids is 2. The van der Waals surface area contributed by atoms with Gasteiger partial charge in [0.05, 0.1) is 21.0 Å². The summed E-state index contributed by atoms with van der Waals surface area (Å²) in [6, 6.07) is 8.18. The Morgan fingerprint density at radius 2 is 1.97 bits per heavy atom. The van der Waals surface area contributed by atoms with Crippen molar-refractivity contribution in [3.8, 4) is 0 Å². The molecular formula is C19H16BrClN4O4. The first-order valence-corrected chi connectivity index (χ1v) is 9.64. The third-order valence-electron chi connectivity index (χ3n) is 4.44. The van der Waals surface area contributed by atoms with Crippen molar-refractivity contribution in [3.05, 3.63) is 78.4 Å². The molecule has 0 fully saturated rings. The molecule has 3 amide bonds. The first kappa shape index (κ1) is 20.8. The lowest BCUT2D eigenvalue weighted by molar-refractivity contribution is -0.385. The molecule has 2 aromatic carbocycles. The van der Waals surface area contributed by atoms with E-state index in [2.05, 4.69) is 31.9 Å². The van der Waals surface area contributed by atoms with Crippen molar-refractivity contribution in [1.82, 2.24) is 10.6 Å². The molecular weight excluding hydrogens is 464 g/mol. The zero-order valence-corrected chi connectivity index (χ0v) is 17.7. The minimum Gasteiger partial charge on any atom is -0.327 e. The van der Waals surface area contributed by atoms with E-state index in [0.29, 0.717) is 26.4 Å². The molecule has 0 spiro atoms. The fourth-order valence-electron chi connectivity index (χ4n) is 2.96.